The molecule has 1 saturated carbocycles. The van der Waals surface area contributed by atoms with Crippen molar-refractivity contribution < 1.29 is 14.3 Å². The minimum atomic E-state index is -0.707. The van der Waals surface area contributed by atoms with Gasteiger partial charge in [-0.1, -0.05) is 26.0 Å². The second-order valence-electron chi connectivity index (χ2n) is 8.33. The van der Waals surface area contributed by atoms with Crippen molar-refractivity contribution in [2.24, 2.45) is 11.8 Å². The predicted molar refractivity (Wildman–Crippen MR) is 112 cm³/mol. The fourth-order valence-electron chi connectivity index (χ4n) is 3.60. The molecule has 0 saturated heterocycles. The van der Waals surface area contributed by atoms with Crippen LogP contribution in [0.5, 0.6) is 0 Å². The maximum Gasteiger partial charge on any atom is 0.306 e. The molecule has 156 valence electrons. The van der Waals surface area contributed by atoms with Crippen LogP contribution < -0.4 is 5.32 Å². The van der Waals surface area contributed by atoms with Crippen LogP contribution >= 0.6 is 0 Å². The van der Waals surface area contributed by atoms with Crippen molar-refractivity contribution in [2.45, 2.75) is 45.7 Å². The SMILES string of the molecule is CC(C)Cc1ccc(-c2nnc(-c3ccc(CN[C@H]4C[C@@H](C(=O)O)C4)nc3)o2)cc1. The van der Waals surface area contributed by atoms with Gasteiger partial charge in [0, 0.05) is 24.3 Å². The summed E-state index contributed by atoms with van der Waals surface area (Å²) < 4.78 is 5.84. The summed E-state index contributed by atoms with van der Waals surface area (Å²) in [5.74, 6) is 0.625. The second-order valence-corrected chi connectivity index (χ2v) is 8.33. The highest BCUT2D eigenvalue weighted by Crippen LogP contribution is 2.28. The van der Waals surface area contributed by atoms with Gasteiger partial charge in [-0.05, 0) is 55.0 Å². The Morgan fingerprint density at radius 1 is 1.10 bits per heavy atom. The van der Waals surface area contributed by atoms with Crippen LogP contribution in [-0.4, -0.2) is 32.3 Å². The van der Waals surface area contributed by atoms with Crippen LogP contribution in [0.1, 0.15) is 37.9 Å². The highest BCUT2D eigenvalue weighted by atomic mass is 16.4. The second kappa shape index (κ2) is 8.75. The molecule has 0 spiro atoms. The summed E-state index contributed by atoms with van der Waals surface area (Å²) in [5.41, 5.74) is 3.85. The first kappa shape index (κ1) is 20.2. The fraction of sp³-hybridized carbons (Fsp3) is 0.391. The van der Waals surface area contributed by atoms with Crippen LogP contribution in [0.4, 0.5) is 0 Å². The highest BCUT2D eigenvalue weighted by molar-refractivity contribution is 5.71. The van der Waals surface area contributed by atoms with Crippen molar-refractivity contribution in [3.05, 3.63) is 53.9 Å². The van der Waals surface area contributed by atoms with Crippen LogP contribution in [0.3, 0.4) is 0 Å². The Morgan fingerprint density at radius 3 is 2.37 bits per heavy atom. The molecule has 0 radical (unpaired) electrons. The lowest BCUT2D eigenvalue weighted by molar-refractivity contribution is -0.145. The van der Waals surface area contributed by atoms with E-state index in [0.29, 0.717) is 37.1 Å². The Labute approximate surface area is 175 Å². The van der Waals surface area contributed by atoms with Crippen LogP contribution in [0, 0.1) is 11.8 Å². The van der Waals surface area contributed by atoms with E-state index in [9.17, 15) is 4.79 Å². The van der Waals surface area contributed by atoms with Crippen LogP contribution in [0.25, 0.3) is 22.9 Å². The number of aromatic nitrogens is 3. The van der Waals surface area contributed by atoms with E-state index in [1.54, 1.807) is 6.20 Å². The molecule has 0 unspecified atom stereocenters. The first-order valence-electron chi connectivity index (χ1n) is 10.3. The third-order valence-corrected chi connectivity index (χ3v) is 5.40. The number of carbonyl (C=O) groups is 1. The van der Waals surface area contributed by atoms with E-state index >= 15 is 0 Å². The van der Waals surface area contributed by atoms with E-state index in [1.165, 1.54) is 5.56 Å². The Hall–Kier alpha value is -3.06. The van der Waals surface area contributed by atoms with Gasteiger partial charge in [-0.3, -0.25) is 9.78 Å². The van der Waals surface area contributed by atoms with Crippen LogP contribution in [0.15, 0.2) is 47.0 Å². The third-order valence-electron chi connectivity index (χ3n) is 5.40. The smallest absolute Gasteiger partial charge is 0.306 e. The molecule has 2 N–H and O–H groups in total. The number of carboxylic acids is 1. The Morgan fingerprint density at radius 2 is 1.77 bits per heavy atom. The minimum Gasteiger partial charge on any atom is -0.481 e. The largest absolute Gasteiger partial charge is 0.481 e. The molecule has 0 atom stereocenters. The number of hydrogen-bond acceptors (Lipinski definition) is 6. The maximum atomic E-state index is 10.9. The van der Waals surface area contributed by atoms with Gasteiger partial charge in [0.25, 0.3) is 0 Å². The summed E-state index contributed by atoms with van der Waals surface area (Å²) >= 11 is 0. The molecule has 2 heterocycles. The summed E-state index contributed by atoms with van der Waals surface area (Å²) in [6.07, 6.45) is 4.12. The standard InChI is InChI=1S/C23H26N4O3/c1-14(2)9-15-3-5-16(6-4-15)21-26-27-22(30-21)17-7-8-19(24-12-17)13-25-20-10-18(11-20)23(28)29/h3-8,12,14,18,20,25H,9-11,13H2,1-2H3,(H,28,29)/t18-,20+. The van der Waals surface area contributed by atoms with Crippen molar-refractivity contribution in [3.8, 4) is 22.9 Å². The van der Waals surface area contributed by atoms with Crippen molar-refractivity contribution >= 4 is 5.97 Å². The van der Waals surface area contributed by atoms with Gasteiger partial charge in [-0.15, -0.1) is 10.2 Å². The molecule has 7 nitrogen and oxygen atoms in total. The van der Waals surface area contributed by atoms with Gasteiger partial charge in [0.1, 0.15) is 0 Å². The molecular weight excluding hydrogens is 380 g/mol. The average molecular weight is 406 g/mol. The van der Waals surface area contributed by atoms with Crippen molar-refractivity contribution in [1.82, 2.24) is 20.5 Å². The van der Waals surface area contributed by atoms with Crippen molar-refractivity contribution in [2.75, 3.05) is 0 Å². The molecule has 1 fully saturated rings. The van der Waals surface area contributed by atoms with Crippen molar-refractivity contribution in [1.29, 1.82) is 0 Å². The molecule has 0 amide bonds. The first-order chi connectivity index (χ1) is 14.5. The number of pyridine rings is 1. The number of hydrogen-bond donors (Lipinski definition) is 2. The van der Waals surface area contributed by atoms with Gasteiger partial charge >= 0.3 is 5.97 Å². The van der Waals surface area contributed by atoms with Crippen LogP contribution in [-0.2, 0) is 17.8 Å². The minimum absolute atomic E-state index is 0.212. The third kappa shape index (κ3) is 4.74. The molecule has 0 aliphatic heterocycles. The van der Waals surface area contributed by atoms with E-state index in [0.717, 1.165) is 23.2 Å². The number of nitrogens with one attached hydrogen (secondary N) is 1. The van der Waals surface area contributed by atoms with Gasteiger partial charge in [0.15, 0.2) is 0 Å². The lowest BCUT2D eigenvalue weighted by Crippen LogP contribution is -2.43. The number of aliphatic carboxylic acids is 1. The van der Waals surface area contributed by atoms with E-state index in [2.05, 4.69) is 46.5 Å². The average Bonchev–Trinajstić information content (AvgIpc) is 3.17. The number of rotatable bonds is 8. The summed E-state index contributed by atoms with van der Waals surface area (Å²) in [5, 5.41) is 20.6. The molecular formula is C23H26N4O3. The maximum absolute atomic E-state index is 10.9. The topological polar surface area (TPSA) is 101 Å². The van der Waals surface area contributed by atoms with Gasteiger partial charge in [0.05, 0.1) is 17.2 Å². The highest BCUT2D eigenvalue weighted by Gasteiger charge is 2.33. The fourth-order valence-corrected chi connectivity index (χ4v) is 3.60. The molecule has 3 aromatic rings. The lowest BCUT2D eigenvalue weighted by Gasteiger charge is -2.32. The molecule has 7 heteroatoms. The Kier molecular flexibility index (Phi) is 5.90. The van der Waals surface area contributed by atoms with Gasteiger partial charge in [-0.25, -0.2) is 0 Å². The lowest BCUT2D eigenvalue weighted by atomic mass is 9.80. The molecule has 1 aliphatic rings. The molecule has 4 rings (SSSR count). The summed E-state index contributed by atoms with van der Waals surface area (Å²) in [7, 11) is 0. The summed E-state index contributed by atoms with van der Waals surface area (Å²) in [6, 6.07) is 12.3. The van der Waals surface area contributed by atoms with E-state index < -0.39 is 5.97 Å². The van der Waals surface area contributed by atoms with Crippen molar-refractivity contribution in [3.63, 3.8) is 0 Å². The predicted octanol–water partition coefficient (Wildman–Crippen LogP) is 3.95. The summed E-state index contributed by atoms with van der Waals surface area (Å²) in [4.78, 5) is 15.3. The zero-order valence-corrected chi connectivity index (χ0v) is 17.2. The Balaban J connectivity index is 1.35. The number of nitrogens with zero attached hydrogens (tertiary/aromatic N) is 3. The molecule has 30 heavy (non-hydrogen) atoms. The number of carboxylic acid groups (broad SMARTS) is 1. The molecule has 1 aromatic carbocycles. The van der Waals surface area contributed by atoms with E-state index in [-0.39, 0.29) is 12.0 Å². The van der Waals surface area contributed by atoms with E-state index in [4.69, 9.17) is 9.52 Å². The summed E-state index contributed by atoms with van der Waals surface area (Å²) in [6.45, 7) is 5.01. The van der Waals surface area contributed by atoms with Gasteiger partial charge in [0.2, 0.25) is 11.8 Å². The van der Waals surface area contributed by atoms with Gasteiger partial charge < -0.3 is 14.8 Å². The Bertz CT molecular complexity index is 990. The van der Waals surface area contributed by atoms with Gasteiger partial charge in [-0.2, -0.15) is 0 Å². The van der Waals surface area contributed by atoms with E-state index in [1.807, 2.05) is 24.3 Å². The molecule has 2 aromatic heterocycles. The molecule has 1 aliphatic carbocycles. The quantitative estimate of drug-likeness (QED) is 0.584. The first-order valence-corrected chi connectivity index (χ1v) is 10.3. The van der Waals surface area contributed by atoms with Crippen LogP contribution in [0.2, 0.25) is 0 Å². The monoisotopic (exact) mass is 406 g/mol. The zero-order chi connectivity index (χ0) is 21.1. The molecule has 0 bridgehead atoms. The number of benzene rings is 1. The normalized spacial score (nSPS) is 18.4. The zero-order valence-electron chi connectivity index (χ0n) is 17.2.